The topological polar surface area (TPSA) is 144 Å². The normalized spacial score (nSPS) is 16.2. The number of rotatable bonds is 10. The van der Waals surface area contributed by atoms with Crippen LogP contribution in [0.15, 0.2) is 21.9 Å². The summed E-state index contributed by atoms with van der Waals surface area (Å²) < 4.78 is 28.1. The number of ether oxygens (including phenoxy) is 1. The van der Waals surface area contributed by atoms with Crippen molar-refractivity contribution in [2.24, 2.45) is 0 Å². The summed E-state index contributed by atoms with van der Waals surface area (Å²) in [5.41, 5.74) is -1.29. The summed E-state index contributed by atoms with van der Waals surface area (Å²) in [7, 11) is -4.22. The predicted molar refractivity (Wildman–Crippen MR) is 87.8 cm³/mol. The van der Waals surface area contributed by atoms with E-state index in [1.807, 2.05) is 6.07 Å². The van der Waals surface area contributed by atoms with Crippen LogP contribution in [0.25, 0.3) is 0 Å². The Kier molecular flexibility index (Phi) is 8.22. The highest BCUT2D eigenvalue weighted by molar-refractivity contribution is 7.47. The molecule has 0 aliphatic heterocycles. The largest absolute Gasteiger partial charge is 0.472 e. The highest BCUT2D eigenvalue weighted by atomic mass is 31.2. The molecule has 10 nitrogen and oxygen atoms in total. The van der Waals surface area contributed by atoms with Gasteiger partial charge in [-0.05, 0) is 20.3 Å². The van der Waals surface area contributed by atoms with Crippen LogP contribution in [0.2, 0.25) is 0 Å². The molecule has 0 aromatic carbocycles. The van der Waals surface area contributed by atoms with Gasteiger partial charge in [-0.15, -0.1) is 0 Å². The van der Waals surface area contributed by atoms with Crippen LogP contribution in [0.5, 0.6) is 0 Å². The number of aromatic amines is 1. The van der Waals surface area contributed by atoms with E-state index in [9.17, 15) is 19.0 Å². The van der Waals surface area contributed by atoms with Gasteiger partial charge >= 0.3 is 13.5 Å². The highest BCUT2D eigenvalue weighted by Crippen LogP contribution is 2.44. The molecule has 0 fully saturated rings. The summed E-state index contributed by atoms with van der Waals surface area (Å²) in [6.45, 7) is 4.66. The smallest absolute Gasteiger partial charge is 0.351 e. The first-order valence-electron chi connectivity index (χ1n) is 7.68. The zero-order valence-electron chi connectivity index (χ0n) is 14.2. The summed E-state index contributed by atoms with van der Waals surface area (Å²) in [5.74, 6) is 0. The quantitative estimate of drug-likeness (QED) is 0.582. The molecule has 0 spiro atoms. The van der Waals surface area contributed by atoms with E-state index >= 15 is 0 Å². The molecule has 0 radical (unpaired) electrons. The second kappa shape index (κ2) is 9.65. The standard InChI is InChI=1S/C14H22N3O7P/c1-4-11(9-22-25(20,21)24-10(2)3)23-13(5-7-15)17-8-6-12(18)16-14(17)19/h6,8,10-11,13H,4-5,9H2,1-3H3,(H,20,21)(H,16,18,19). The molecule has 0 saturated heterocycles. The molecule has 0 saturated carbocycles. The molecule has 1 heterocycles. The number of nitrogens with one attached hydrogen (secondary N) is 1. The van der Waals surface area contributed by atoms with Crippen molar-refractivity contribution in [1.82, 2.24) is 9.55 Å². The number of aromatic nitrogens is 2. The number of phosphoric acid groups is 1. The molecule has 2 N–H and O–H groups in total. The Hall–Kier alpha value is -1.76. The Balaban J connectivity index is 2.84. The van der Waals surface area contributed by atoms with Crippen LogP contribution in [0.1, 0.15) is 39.8 Å². The summed E-state index contributed by atoms with van der Waals surface area (Å²) in [5, 5.41) is 8.93. The van der Waals surface area contributed by atoms with Crippen molar-refractivity contribution < 1.29 is 23.2 Å². The zero-order chi connectivity index (χ0) is 19.0. The Morgan fingerprint density at radius 2 is 2.12 bits per heavy atom. The molecular weight excluding hydrogens is 353 g/mol. The SMILES string of the molecule is CCC(COP(=O)(O)OC(C)C)OC(CC#N)n1ccc(=O)[nH]c1=O. The molecule has 1 aromatic rings. The average molecular weight is 375 g/mol. The molecule has 1 aromatic heterocycles. The predicted octanol–water partition coefficient (Wildman–Crippen LogP) is 1.29. The molecule has 3 unspecified atom stereocenters. The van der Waals surface area contributed by atoms with Crippen LogP contribution >= 0.6 is 7.82 Å². The van der Waals surface area contributed by atoms with Gasteiger partial charge in [0.1, 0.15) is 0 Å². The van der Waals surface area contributed by atoms with Gasteiger partial charge in [0.25, 0.3) is 5.56 Å². The molecular formula is C14H22N3O7P. The van der Waals surface area contributed by atoms with Crippen molar-refractivity contribution >= 4 is 7.82 Å². The summed E-state index contributed by atoms with van der Waals surface area (Å²) in [6, 6.07) is 3.02. The monoisotopic (exact) mass is 375 g/mol. The van der Waals surface area contributed by atoms with Crippen LogP contribution in [-0.4, -0.2) is 33.3 Å². The van der Waals surface area contributed by atoms with Gasteiger partial charge in [0.2, 0.25) is 0 Å². The minimum Gasteiger partial charge on any atom is -0.351 e. The van der Waals surface area contributed by atoms with Crippen LogP contribution in [-0.2, 0) is 18.3 Å². The van der Waals surface area contributed by atoms with Gasteiger partial charge < -0.3 is 9.63 Å². The number of nitriles is 1. The van der Waals surface area contributed by atoms with Crippen LogP contribution in [0.3, 0.4) is 0 Å². The third-order valence-electron chi connectivity index (χ3n) is 3.00. The molecule has 1 rings (SSSR count). The summed E-state index contributed by atoms with van der Waals surface area (Å²) >= 11 is 0. The van der Waals surface area contributed by atoms with Crippen molar-refractivity contribution in [1.29, 1.82) is 5.26 Å². The number of H-pyrrole nitrogens is 1. The lowest BCUT2D eigenvalue weighted by Crippen LogP contribution is -2.34. The van der Waals surface area contributed by atoms with Gasteiger partial charge in [-0.2, -0.15) is 5.26 Å². The molecule has 0 aliphatic carbocycles. The van der Waals surface area contributed by atoms with Gasteiger partial charge in [0.15, 0.2) is 6.23 Å². The first-order valence-corrected chi connectivity index (χ1v) is 9.17. The number of phosphoric ester groups is 1. The van der Waals surface area contributed by atoms with E-state index < -0.39 is 37.5 Å². The highest BCUT2D eigenvalue weighted by Gasteiger charge is 2.26. The van der Waals surface area contributed by atoms with E-state index in [1.54, 1.807) is 20.8 Å². The maximum atomic E-state index is 11.8. The Bertz CT molecular complexity index is 752. The van der Waals surface area contributed by atoms with Gasteiger partial charge in [0, 0.05) is 12.3 Å². The lowest BCUT2D eigenvalue weighted by Gasteiger charge is -2.24. The number of hydrogen-bond acceptors (Lipinski definition) is 7. The third kappa shape index (κ3) is 7.34. The van der Waals surface area contributed by atoms with E-state index in [1.165, 1.54) is 6.20 Å². The molecule has 0 amide bonds. The molecule has 140 valence electrons. The van der Waals surface area contributed by atoms with Crippen LogP contribution in [0, 0.1) is 11.3 Å². The minimum atomic E-state index is -4.22. The first-order chi connectivity index (χ1) is 11.7. The van der Waals surface area contributed by atoms with Crippen molar-refractivity contribution in [2.75, 3.05) is 6.61 Å². The van der Waals surface area contributed by atoms with Crippen molar-refractivity contribution in [2.45, 2.75) is 52.0 Å². The van der Waals surface area contributed by atoms with E-state index in [0.29, 0.717) is 6.42 Å². The molecule has 11 heteroatoms. The first kappa shape index (κ1) is 21.3. The van der Waals surface area contributed by atoms with Gasteiger partial charge in [-0.3, -0.25) is 23.4 Å². The molecule has 0 aliphatic rings. The molecule has 3 atom stereocenters. The zero-order valence-corrected chi connectivity index (χ0v) is 15.1. The average Bonchev–Trinajstić information content (AvgIpc) is 2.49. The van der Waals surface area contributed by atoms with Crippen molar-refractivity contribution in [3.05, 3.63) is 33.1 Å². The lowest BCUT2D eigenvalue weighted by atomic mass is 10.3. The maximum absolute atomic E-state index is 11.8. The van der Waals surface area contributed by atoms with Crippen LogP contribution in [0.4, 0.5) is 0 Å². The minimum absolute atomic E-state index is 0.165. The van der Waals surface area contributed by atoms with Crippen LogP contribution < -0.4 is 11.2 Å². The summed E-state index contributed by atoms with van der Waals surface area (Å²) in [6.07, 6.45) is -0.706. The van der Waals surface area contributed by atoms with Gasteiger partial charge in [0.05, 0.1) is 31.3 Å². The fourth-order valence-corrected chi connectivity index (χ4v) is 2.84. The van der Waals surface area contributed by atoms with Crippen molar-refractivity contribution in [3.8, 4) is 6.07 Å². The number of nitrogens with zero attached hydrogens (tertiary/aromatic N) is 2. The third-order valence-corrected chi connectivity index (χ3v) is 4.16. The van der Waals surface area contributed by atoms with E-state index in [4.69, 9.17) is 19.0 Å². The Labute approximate surface area is 144 Å². The molecule has 0 bridgehead atoms. The number of hydrogen-bond donors (Lipinski definition) is 2. The summed E-state index contributed by atoms with van der Waals surface area (Å²) in [4.78, 5) is 34.6. The second-order valence-electron chi connectivity index (χ2n) is 5.42. The van der Waals surface area contributed by atoms with E-state index in [-0.39, 0.29) is 13.0 Å². The van der Waals surface area contributed by atoms with Crippen molar-refractivity contribution in [3.63, 3.8) is 0 Å². The fraction of sp³-hybridized carbons (Fsp3) is 0.643. The van der Waals surface area contributed by atoms with E-state index in [2.05, 4.69) is 4.98 Å². The Morgan fingerprint density at radius 1 is 1.44 bits per heavy atom. The van der Waals surface area contributed by atoms with Gasteiger partial charge in [-0.25, -0.2) is 9.36 Å². The van der Waals surface area contributed by atoms with Gasteiger partial charge in [-0.1, -0.05) is 6.92 Å². The fourth-order valence-electron chi connectivity index (χ4n) is 1.89. The maximum Gasteiger partial charge on any atom is 0.472 e. The second-order valence-corrected chi connectivity index (χ2v) is 6.83. The molecule has 25 heavy (non-hydrogen) atoms. The Morgan fingerprint density at radius 3 is 2.64 bits per heavy atom. The van der Waals surface area contributed by atoms with E-state index in [0.717, 1.165) is 10.6 Å². The lowest BCUT2D eigenvalue weighted by molar-refractivity contribution is -0.0757.